The maximum Gasteiger partial charge on any atom is 0.311 e. The molecule has 0 aliphatic heterocycles. The molecule has 3 aromatic carbocycles. The summed E-state index contributed by atoms with van der Waals surface area (Å²) in [4.78, 5) is 25.5. The van der Waals surface area contributed by atoms with Crippen LogP contribution in [0.5, 0.6) is 0 Å². The quantitative estimate of drug-likeness (QED) is 0.441. The summed E-state index contributed by atoms with van der Waals surface area (Å²) in [6.07, 6.45) is -1.16. The molecule has 0 spiro atoms. The first kappa shape index (κ1) is 19.5. The topological polar surface area (TPSA) is 43.4 Å². The smallest absolute Gasteiger partial charge is 0.311 e. The number of ether oxygens (including phenoxy) is 1. The van der Waals surface area contributed by atoms with E-state index in [1.807, 2.05) is 38.1 Å². The van der Waals surface area contributed by atoms with Gasteiger partial charge in [-0.15, -0.1) is 0 Å². The molecule has 3 nitrogen and oxygen atoms in total. The lowest BCUT2D eigenvalue weighted by molar-refractivity contribution is -0.146. The first-order chi connectivity index (χ1) is 13.4. The van der Waals surface area contributed by atoms with E-state index in [1.54, 1.807) is 30.3 Å². The van der Waals surface area contributed by atoms with Crippen LogP contribution < -0.4 is 0 Å². The van der Waals surface area contributed by atoms with E-state index in [0.717, 1.165) is 11.1 Å². The number of benzene rings is 3. The Kier molecular flexibility index (Phi) is 5.99. The Bertz CT molecular complexity index is 975. The molecule has 0 unspecified atom stereocenters. The van der Waals surface area contributed by atoms with Crippen molar-refractivity contribution in [2.75, 3.05) is 0 Å². The van der Waals surface area contributed by atoms with Gasteiger partial charge in [0.2, 0.25) is 5.78 Å². The average Bonchev–Trinajstić information content (AvgIpc) is 2.67. The van der Waals surface area contributed by atoms with Gasteiger partial charge in [-0.1, -0.05) is 71.8 Å². The molecule has 0 aliphatic rings. The van der Waals surface area contributed by atoms with Crippen LogP contribution in [0.25, 0.3) is 0 Å². The molecule has 0 N–H and O–H groups in total. The van der Waals surface area contributed by atoms with Gasteiger partial charge >= 0.3 is 5.97 Å². The first-order valence-electron chi connectivity index (χ1n) is 9.04. The molecule has 0 amide bonds. The van der Waals surface area contributed by atoms with Gasteiger partial charge < -0.3 is 4.74 Å². The normalized spacial score (nSPS) is 11.7. The Labute approximate surface area is 163 Å². The molecule has 0 heterocycles. The lowest BCUT2D eigenvalue weighted by Gasteiger charge is -2.18. The molecule has 0 radical (unpaired) electrons. The highest BCUT2D eigenvalue weighted by Crippen LogP contribution is 2.24. The number of hydrogen-bond acceptors (Lipinski definition) is 3. The third-order valence-corrected chi connectivity index (χ3v) is 4.44. The molecule has 142 valence electrons. The Morgan fingerprint density at radius 2 is 1.50 bits per heavy atom. The molecule has 0 fully saturated rings. The fourth-order valence-electron chi connectivity index (χ4n) is 2.87. The van der Waals surface area contributed by atoms with Crippen molar-refractivity contribution in [2.45, 2.75) is 26.4 Å². The average molecular weight is 376 g/mol. The van der Waals surface area contributed by atoms with Gasteiger partial charge in [0.25, 0.3) is 0 Å². The minimum absolute atomic E-state index is 0.110. The van der Waals surface area contributed by atoms with Crippen molar-refractivity contribution in [1.82, 2.24) is 0 Å². The number of Topliss-reactive ketones (excluding diaryl/α,β-unsaturated/α-hetero) is 1. The number of esters is 1. The minimum Gasteiger partial charge on any atom is -0.449 e. The summed E-state index contributed by atoms with van der Waals surface area (Å²) >= 11 is 0. The highest BCUT2D eigenvalue weighted by Gasteiger charge is 2.26. The zero-order valence-electron chi connectivity index (χ0n) is 15.8. The predicted molar refractivity (Wildman–Crippen MR) is 106 cm³/mol. The summed E-state index contributed by atoms with van der Waals surface area (Å²) in [5.41, 5.74) is 3.64. The number of ketones is 1. The monoisotopic (exact) mass is 376 g/mol. The van der Waals surface area contributed by atoms with Crippen molar-refractivity contribution in [1.29, 1.82) is 0 Å². The van der Waals surface area contributed by atoms with Gasteiger partial charge in [0.1, 0.15) is 5.82 Å². The Balaban J connectivity index is 1.85. The molecular weight excluding hydrogens is 355 g/mol. The van der Waals surface area contributed by atoms with Gasteiger partial charge in [0.15, 0.2) is 6.10 Å². The van der Waals surface area contributed by atoms with Crippen molar-refractivity contribution in [3.05, 3.63) is 106 Å². The zero-order valence-corrected chi connectivity index (χ0v) is 15.8. The highest BCUT2D eigenvalue weighted by molar-refractivity contribution is 6.01. The maximum absolute atomic E-state index is 13.4. The molecule has 0 aromatic heterocycles. The first-order valence-corrected chi connectivity index (χ1v) is 9.04. The molecule has 0 saturated heterocycles. The number of carbonyl (C=O) groups is 2. The second-order valence-corrected chi connectivity index (χ2v) is 6.82. The van der Waals surface area contributed by atoms with Crippen molar-refractivity contribution in [2.24, 2.45) is 0 Å². The third kappa shape index (κ3) is 4.92. The fourth-order valence-corrected chi connectivity index (χ4v) is 2.87. The van der Waals surface area contributed by atoms with Crippen molar-refractivity contribution < 1.29 is 18.7 Å². The van der Waals surface area contributed by atoms with Crippen molar-refractivity contribution in [3.63, 3.8) is 0 Å². The van der Waals surface area contributed by atoms with Crippen LogP contribution in [0.2, 0.25) is 0 Å². The molecule has 0 aliphatic carbocycles. The van der Waals surface area contributed by atoms with E-state index in [1.165, 1.54) is 18.2 Å². The lowest BCUT2D eigenvalue weighted by atomic mass is 9.98. The number of halogens is 1. The van der Waals surface area contributed by atoms with E-state index >= 15 is 0 Å². The SMILES string of the molecule is Cc1ccc(C(=O)[C@@H](OC(=O)Cc2cccc(F)c2)c2ccc(C)cc2)cc1. The van der Waals surface area contributed by atoms with Crippen LogP contribution in [-0.2, 0) is 16.0 Å². The molecule has 28 heavy (non-hydrogen) atoms. The maximum atomic E-state index is 13.4. The predicted octanol–water partition coefficient (Wildman–Crippen LogP) is 5.15. The zero-order chi connectivity index (χ0) is 20.1. The van der Waals surface area contributed by atoms with Gasteiger partial charge in [-0.25, -0.2) is 4.39 Å². The van der Waals surface area contributed by atoms with Crippen molar-refractivity contribution in [3.8, 4) is 0 Å². The Hall–Kier alpha value is -3.27. The van der Waals surface area contributed by atoms with Crippen LogP contribution in [0.3, 0.4) is 0 Å². The van der Waals surface area contributed by atoms with Crippen LogP contribution in [0.1, 0.15) is 38.7 Å². The standard InChI is InChI=1S/C24H21FO3/c1-16-6-10-19(11-7-16)23(27)24(20-12-8-17(2)9-13-20)28-22(26)15-18-4-3-5-21(25)14-18/h3-14,24H,15H2,1-2H3/t24-/m0/s1. The molecule has 0 saturated carbocycles. The molecule has 0 bridgehead atoms. The van der Waals surface area contributed by atoms with Gasteiger partial charge in [0.05, 0.1) is 6.42 Å². The third-order valence-electron chi connectivity index (χ3n) is 4.44. The molecule has 4 heteroatoms. The van der Waals surface area contributed by atoms with E-state index in [-0.39, 0.29) is 12.2 Å². The van der Waals surface area contributed by atoms with Gasteiger partial charge in [-0.3, -0.25) is 9.59 Å². The van der Waals surface area contributed by atoms with Crippen LogP contribution in [-0.4, -0.2) is 11.8 Å². The summed E-state index contributed by atoms with van der Waals surface area (Å²) < 4.78 is 18.9. The highest BCUT2D eigenvalue weighted by atomic mass is 19.1. The second kappa shape index (κ2) is 8.61. The van der Waals surface area contributed by atoms with Crippen LogP contribution in [0.15, 0.2) is 72.8 Å². The lowest BCUT2D eigenvalue weighted by Crippen LogP contribution is -2.21. The molecule has 3 rings (SSSR count). The summed E-state index contributed by atoms with van der Waals surface area (Å²) in [6.45, 7) is 3.88. The summed E-state index contributed by atoms with van der Waals surface area (Å²) in [7, 11) is 0. The van der Waals surface area contributed by atoms with E-state index in [0.29, 0.717) is 16.7 Å². The van der Waals surface area contributed by atoms with E-state index in [2.05, 4.69) is 0 Å². The van der Waals surface area contributed by atoms with Crippen LogP contribution in [0.4, 0.5) is 4.39 Å². The van der Waals surface area contributed by atoms with E-state index < -0.39 is 17.9 Å². The number of hydrogen-bond donors (Lipinski definition) is 0. The molecular formula is C24H21FO3. The largest absolute Gasteiger partial charge is 0.449 e. The number of rotatable bonds is 6. The fraction of sp³-hybridized carbons (Fsp3) is 0.167. The van der Waals surface area contributed by atoms with Crippen LogP contribution in [0, 0.1) is 19.7 Å². The van der Waals surface area contributed by atoms with Gasteiger partial charge in [0, 0.05) is 11.1 Å². The summed E-state index contributed by atoms with van der Waals surface area (Å²) in [5, 5.41) is 0. The Morgan fingerprint density at radius 1 is 0.893 bits per heavy atom. The van der Waals surface area contributed by atoms with Crippen molar-refractivity contribution >= 4 is 11.8 Å². The summed E-state index contributed by atoms with van der Waals surface area (Å²) in [6, 6.07) is 20.2. The van der Waals surface area contributed by atoms with E-state index in [4.69, 9.17) is 4.74 Å². The number of aryl methyl sites for hydroxylation is 2. The molecule has 3 aromatic rings. The summed E-state index contributed by atoms with van der Waals surface area (Å²) in [5.74, 6) is -1.30. The number of carbonyl (C=O) groups excluding carboxylic acids is 2. The van der Waals surface area contributed by atoms with Gasteiger partial charge in [-0.2, -0.15) is 0 Å². The second-order valence-electron chi connectivity index (χ2n) is 6.82. The minimum atomic E-state index is -1.05. The van der Waals surface area contributed by atoms with E-state index in [9.17, 15) is 14.0 Å². The van der Waals surface area contributed by atoms with Gasteiger partial charge in [-0.05, 0) is 31.5 Å². The molecule has 1 atom stereocenters. The van der Waals surface area contributed by atoms with Crippen LogP contribution >= 0.6 is 0 Å². The Morgan fingerprint density at radius 3 is 2.11 bits per heavy atom.